The van der Waals surface area contributed by atoms with Gasteiger partial charge in [0.05, 0.1) is 6.61 Å². The number of methoxy groups -OCH3 is 1. The quantitative estimate of drug-likeness (QED) is 0.625. The minimum Gasteiger partial charge on any atom is -0.379 e. The van der Waals surface area contributed by atoms with Gasteiger partial charge in [0.1, 0.15) is 6.54 Å². The summed E-state index contributed by atoms with van der Waals surface area (Å²) in [6.07, 6.45) is 0. The smallest absolute Gasteiger partial charge is 0.279 e. The number of anilines is 2. The van der Waals surface area contributed by atoms with Crippen LogP contribution < -0.4 is 15.5 Å². The van der Waals surface area contributed by atoms with Crippen LogP contribution in [0.4, 0.5) is 11.4 Å². The summed E-state index contributed by atoms with van der Waals surface area (Å²) in [4.78, 5) is 25.6. The van der Waals surface area contributed by atoms with Crippen molar-refractivity contribution in [2.75, 3.05) is 44.0 Å². The fourth-order valence-electron chi connectivity index (χ4n) is 2.75. The Morgan fingerprint density at radius 3 is 2.26 bits per heavy atom. The molecule has 0 bridgehead atoms. The van der Waals surface area contributed by atoms with E-state index in [0.29, 0.717) is 13.2 Å². The molecule has 2 aromatic carbocycles. The molecule has 2 amide bonds. The topological polar surface area (TPSA) is 71.9 Å². The van der Waals surface area contributed by atoms with Gasteiger partial charge in [-0.2, -0.15) is 0 Å². The highest BCUT2D eigenvalue weighted by atomic mass is 16.5. The molecule has 1 unspecified atom stereocenters. The van der Waals surface area contributed by atoms with Crippen LogP contribution in [0.25, 0.3) is 0 Å². The molecule has 1 atom stereocenters. The fourth-order valence-corrected chi connectivity index (χ4v) is 2.75. The van der Waals surface area contributed by atoms with Crippen molar-refractivity contribution in [3.05, 3.63) is 59.7 Å². The first-order chi connectivity index (χ1) is 13.0. The minimum atomic E-state index is -0.133. The molecule has 3 N–H and O–H groups in total. The molecule has 0 heterocycles. The van der Waals surface area contributed by atoms with Crippen LogP contribution in [0.2, 0.25) is 0 Å². The molecule has 0 saturated carbocycles. The van der Waals surface area contributed by atoms with Crippen LogP contribution in [0.3, 0.4) is 0 Å². The summed E-state index contributed by atoms with van der Waals surface area (Å²) in [7, 11) is 1.61. The maximum absolute atomic E-state index is 12.5. The summed E-state index contributed by atoms with van der Waals surface area (Å²) in [5.74, 6) is -0.255. The third kappa shape index (κ3) is 6.84. The van der Waals surface area contributed by atoms with Gasteiger partial charge in [-0.05, 0) is 43.2 Å². The van der Waals surface area contributed by atoms with Gasteiger partial charge in [0.15, 0.2) is 13.1 Å². The van der Waals surface area contributed by atoms with Crippen LogP contribution in [-0.2, 0) is 14.3 Å². The third-order valence-corrected chi connectivity index (χ3v) is 4.42. The number of benzene rings is 2. The second kappa shape index (κ2) is 10.4. The molecular weight excluding hydrogens is 342 g/mol. The second-order valence-electron chi connectivity index (χ2n) is 6.56. The zero-order chi connectivity index (χ0) is 19.6. The van der Waals surface area contributed by atoms with E-state index in [1.165, 1.54) is 0 Å². The molecule has 2 aromatic rings. The first-order valence-electron chi connectivity index (χ1n) is 9.03. The van der Waals surface area contributed by atoms with Crippen molar-refractivity contribution in [1.29, 1.82) is 0 Å². The summed E-state index contributed by atoms with van der Waals surface area (Å²) in [5, 5.41) is 5.80. The van der Waals surface area contributed by atoms with Crippen molar-refractivity contribution in [3.8, 4) is 0 Å². The Kier molecular flexibility index (Phi) is 7.98. The lowest BCUT2D eigenvalue weighted by Crippen LogP contribution is -3.14. The van der Waals surface area contributed by atoms with E-state index in [9.17, 15) is 9.59 Å². The summed E-state index contributed by atoms with van der Waals surface area (Å²) in [6.45, 7) is 5.42. The Labute approximate surface area is 160 Å². The molecule has 0 fully saturated rings. The largest absolute Gasteiger partial charge is 0.379 e. The van der Waals surface area contributed by atoms with Gasteiger partial charge in [0.2, 0.25) is 0 Å². The second-order valence-corrected chi connectivity index (χ2v) is 6.56. The van der Waals surface area contributed by atoms with Crippen molar-refractivity contribution in [2.24, 2.45) is 0 Å². The van der Waals surface area contributed by atoms with E-state index < -0.39 is 0 Å². The Balaban J connectivity index is 1.95. The van der Waals surface area contributed by atoms with Crippen molar-refractivity contribution < 1.29 is 19.2 Å². The lowest BCUT2D eigenvalue weighted by atomic mass is 10.1. The predicted molar refractivity (Wildman–Crippen MR) is 107 cm³/mol. The van der Waals surface area contributed by atoms with Crippen LogP contribution in [0.5, 0.6) is 0 Å². The number of hydrogen-bond donors (Lipinski definition) is 3. The van der Waals surface area contributed by atoms with Crippen molar-refractivity contribution in [3.63, 3.8) is 0 Å². The number of para-hydroxylation sites is 1. The van der Waals surface area contributed by atoms with Gasteiger partial charge in [0.25, 0.3) is 11.8 Å². The van der Waals surface area contributed by atoms with E-state index in [-0.39, 0.29) is 24.9 Å². The molecular formula is C21H28N3O3+. The monoisotopic (exact) mass is 370 g/mol. The average molecular weight is 370 g/mol. The zero-order valence-electron chi connectivity index (χ0n) is 16.2. The molecule has 2 rings (SSSR count). The molecule has 0 aliphatic carbocycles. The number of ether oxygens (including phenoxy) is 1. The van der Waals surface area contributed by atoms with Crippen LogP contribution in [0, 0.1) is 13.8 Å². The number of hydrogen-bond acceptors (Lipinski definition) is 3. The van der Waals surface area contributed by atoms with Crippen LogP contribution >= 0.6 is 0 Å². The average Bonchev–Trinajstić information content (AvgIpc) is 2.64. The normalized spacial score (nSPS) is 11.7. The molecule has 0 spiro atoms. The van der Waals surface area contributed by atoms with E-state index in [4.69, 9.17) is 4.74 Å². The highest BCUT2D eigenvalue weighted by molar-refractivity contribution is 5.93. The molecule has 6 heteroatoms. The molecule has 27 heavy (non-hydrogen) atoms. The SMILES string of the molecule is COCC[NH+](CC(=O)Nc1ccccc1)CC(=O)Nc1cccc(C)c1C. The fraction of sp³-hybridized carbons (Fsp3) is 0.333. The van der Waals surface area contributed by atoms with Gasteiger partial charge in [-0.15, -0.1) is 0 Å². The number of carbonyl (C=O) groups excluding carboxylic acids is 2. The van der Waals surface area contributed by atoms with Gasteiger partial charge >= 0.3 is 0 Å². The Morgan fingerprint density at radius 1 is 0.926 bits per heavy atom. The maximum Gasteiger partial charge on any atom is 0.279 e. The molecule has 0 radical (unpaired) electrons. The van der Waals surface area contributed by atoms with E-state index in [1.54, 1.807) is 7.11 Å². The van der Waals surface area contributed by atoms with Crippen molar-refractivity contribution in [2.45, 2.75) is 13.8 Å². The van der Waals surface area contributed by atoms with E-state index in [2.05, 4.69) is 10.6 Å². The number of amides is 2. The first-order valence-corrected chi connectivity index (χ1v) is 9.03. The molecule has 6 nitrogen and oxygen atoms in total. The van der Waals surface area contributed by atoms with Crippen molar-refractivity contribution in [1.82, 2.24) is 0 Å². The minimum absolute atomic E-state index is 0.123. The Morgan fingerprint density at radius 2 is 1.59 bits per heavy atom. The van der Waals surface area contributed by atoms with Gasteiger partial charge in [-0.1, -0.05) is 30.3 Å². The number of rotatable bonds is 9. The number of aryl methyl sites for hydroxylation is 1. The van der Waals surface area contributed by atoms with Gasteiger partial charge in [-0.3, -0.25) is 9.59 Å². The number of nitrogens with one attached hydrogen (secondary N) is 3. The molecule has 0 aliphatic rings. The summed E-state index contributed by atoms with van der Waals surface area (Å²) in [6, 6.07) is 15.1. The lowest BCUT2D eigenvalue weighted by molar-refractivity contribution is -0.883. The number of carbonyl (C=O) groups is 2. The summed E-state index contributed by atoms with van der Waals surface area (Å²) >= 11 is 0. The molecule has 0 aromatic heterocycles. The molecule has 144 valence electrons. The lowest BCUT2D eigenvalue weighted by Gasteiger charge is -2.19. The Bertz CT molecular complexity index is 763. The van der Waals surface area contributed by atoms with E-state index in [1.807, 2.05) is 62.4 Å². The van der Waals surface area contributed by atoms with E-state index in [0.717, 1.165) is 27.4 Å². The zero-order valence-corrected chi connectivity index (χ0v) is 16.2. The van der Waals surface area contributed by atoms with Gasteiger partial charge in [0, 0.05) is 18.5 Å². The molecule has 0 aliphatic heterocycles. The standard InChI is InChI=1S/C21H27N3O3/c1-16-8-7-11-19(17(16)2)23-21(26)15-24(12-13-27-3)14-20(25)22-18-9-5-4-6-10-18/h4-11H,12-15H2,1-3H3,(H,22,25)(H,23,26)/p+1. The highest BCUT2D eigenvalue weighted by Gasteiger charge is 2.19. The highest BCUT2D eigenvalue weighted by Crippen LogP contribution is 2.17. The van der Waals surface area contributed by atoms with Crippen LogP contribution in [-0.4, -0.2) is 45.2 Å². The first kappa shape index (κ1) is 20.6. The van der Waals surface area contributed by atoms with Crippen LogP contribution in [0.15, 0.2) is 48.5 Å². The van der Waals surface area contributed by atoms with Gasteiger partial charge in [-0.25, -0.2) is 0 Å². The predicted octanol–water partition coefficient (Wildman–Crippen LogP) is 1.41. The Hall–Kier alpha value is -2.70. The van der Waals surface area contributed by atoms with Crippen molar-refractivity contribution >= 4 is 23.2 Å². The third-order valence-electron chi connectivity index (χ3n) is 4.42. The molecule has 0 saturated heterocycles. The van der Waals surface area contributed by atoms with Gasteiger partial charge < -0.3 is 20.3 Å². The van der Waals surface area contributed by atoms with E-state index >= 15 is 0 Å². The maximum atomic E-state index is 12.5. The summed E-state index contributed by atoms with van der Waals surface area (Å²) in [5.41, 5.74) is 3.72. The van der Waals surface area contributed by atoms with Crippen LogP contribution in [0.1, 0.15) is 11.1 Å². The number of quaternary nitrogens is 1. The summed E-state index contributed by atoms with van der Waals surface area (Å²) < 4.78 is 5.12.